The molecule has 0 saturated carbocycles. The molecule has 0 fully saturated rings. The smallest absolute Gasteiger partial charge is 0.247 e. The summed E-state index contributed by atoms with van der Waals surface area (Å²) in [6, 6.07) is 12.3. The highest BCUT2D eigenvalue weighted by Crippen LogP contribution is 2.36. The van der Waals surface area contributed by atoms with Crippen molar-refractivity contribution in [1.82, 2.24) is 9.21 Å². The lowest BCUT2D eigenvalue weighted by molar-refractivity contribution is 0.0753. The van der Waals surface area contributed by atoms with Crippen molar-refractivity contribution in [3.05, 3.63) is 42.5 Å². The van der Waals surface area contributed by atoms with Gasteiger partial charge in [0.15, 0.2) is 0 Å². The molecule has 0 saturated heterocycles. The van der Waals surface area contributed by atoms with Crippen molar-refractivity contribution in [3.8, 4) is 22.6 Å². The highest BCUT2D eigenvalue weighted by molar-refractivity contribution is 7.89. The predicted octanol–water partition coefficient (Wildman–Crippen LogP) is 3.47. The highest BCUT2D eigenvalue weighted by Gasteiger charge is 2.38. The van der Waals surface area contributed by atoms with E-state index in [1.54, 1.807) is 32.2 Å². The van der Waals surface area contributed by atoms with Gasteiger partial charge in [0.2, 0.25) is 10.0 Å². The Morgan fingerprint density at radius 2 is 1.88 bits per heavy atom. The molecule has 0 unspecified atom stereocenters. The average Bonchev–Trinajstić information content (AvgIpc) is 2.80. The van der Waals surface area contributed by atoms with Crippen molar-refractivity contribution in [2.45, 2.75) is 44.2 Å². The van der Waals surface area contributed by atoms with Crippen molar-refractivity contribution >= 4 is 10.0 Å². The standard InChI is InChI=1S/C25H36N2O5S/c1-6-13-26(4)16-24-18(2)15-27(19(3)17-28)33(29,30)25-12-9-21(14-23(25)32-24)20-7-10-22(31-5)11-8-20/h7-12,14,18-19,24,28H,6,13,15-17H2,1-5H3/t18-,19+,24-/m1/s1. The highest BCUT2D eigenvalue weighted by atomic mass is 32.2. The Morgan fingerprint density at radius 3 is 2.48 bits per heavy atom. The van der Waals surface area contributed by atoms with Gasteiger partial charge in [-0.3, -0.25) is 0 Å². The molecule has 3 rings (SSSR count). The van der Waals surface area contributed by atoms with E-state index in [0.29, 0.717) is 12.3 Å². The summed E-state index contributed by atoms with van der Waals surface area (Å²) in [5.41, 5.74) is 1.80. The van der Waals surface area contributed by atoms with Gasteiger partial charge in [-0.15, -0.1) is 0 Å². The van der Waals surface area contributed by atoms with E-state index in [2.05, 4.69) is 18.9 Å². The second-order valence-electron chi connectivity index (χ2n) is 8.89. The van der Waals surface area contributed by atoms with E-state index in [-0.39, 0.29) is 30.1 Å². The van der Waals surface area contributed by atoms with Gasteiger partial charge in [0, 0.05) is 25.0 Å². The van der Waals surface area contributed by atoms with Gasteiger partial charge in [-0.05, 0) is 62.3 Å². The molecule has 1 heterocycles. The van der Waals surface area contributed by atoms with Gasteiger partial charge in [0.1, 0.15) is 22.5 Å². The molecule has 0 aromatic heterocycles. The van der Waals surface area contributed by atoms with Crippen LogP contribution in [-0.4, -0.2) is 75.3 Å². The van der Waals surface area contributed by atoms with Crippen LogP contribution in [-0.2, 0) is 10.0 Å². The Kier molecular flexibility index (Phi) is 8.39. The summed E-state index contributed by atoms with van der Waals surface area (Å²) in [5, 5.41) is 9.78. The number of rotatable bonds is 8. The van der Waals surface area contributed by atoms with Crippen molar-refractivity contribution in [3.63, 3.8) is 0 Å². The second kappa shape index (κ2) is 10.9. The largest absolute Gasteiger partial charge is 0.497 e. The quantitative estimate of drug-likeness (QED) is 0.629. The van der Waals surface area contributed by atoms with Crippen molar-refractivity contribution in [2.75, 3.05) is 40.4 Å². The molecule has 0 amide bonds. The van der Waals surface area contributed by atoms with E-state index >= 15 is 0 Å². The second-order valence-corrected chi connectivity index (χ2v) is 10.8. The van der Waals surface area contributed by atoms with E-state index in [1.165, 1.54) is 4.31 Å². The molecule has 8 heteroatoms. The molecule has 33 heavy (non-hydrogen) atoms. The number of sulfonamides is 1. The van der Waals surface area contributed by atoms with Gasteiger partial charge in [0.25, 0.3) is 0 Å². The summed E-state index contributed by atoms with van der Waals surface area (Å²) in [7, 11) is -0.170. The molecule has 0 aliphatic carbocycles. The minimum atomic E-state index is -3.84. The van der Waals surface area contributed by atoms with Crippen LogP contribution in [0.15, 0.2) is 47.4 Å². The van der Waals surface area contributed by atoms with Gasteiger partial charge in [0.05, 0.1) is 13.7 Å². The van der Waals surface area contributed by atoms with Gasteiger partial charge in [-0.25, -0.2) is 8.42 Å². The maximum atomic E-state index is 13.6. The van der Waals surface area contributed by atoms with E-state index in [4.69, 9.17) is 9.47 Å². The summed E-state index contributed by atoms with van der Waals surface area (Å²) >= 11 is 0. The minimum absolute atomic E-state index is 0.0640. The molecule has 0 radical (unpaired) electrons. The molecule has 2 aromatic rings. The number of aliphatic hydroxyl groups excluding tert-OH is 1. The van der Waals surface area contributed by atoms with E-state index in [0.717, 1.165) is 29.8 Å². The predicted molar refractivity (Wildman–Crippen MR) is 130 cm³/mol. The van der Waals surface area contributed by atoms with Crippen LogP contribution in [0.4, 0.5) is 0 Å². The molecule has 0 bridgehead atoms. The zero-order chi connectivity index (χ0) is 24.2. The Morgan fingerprint density at radius 1 is 1.21 bits per heavy atom. The molecule has 1 N–H and O–H groups in total. The third kappa shape index (κ3) is 5.69. The summed E-state index contributed by atoms with van der Waals surface area (Å²) in [4.78, 5) is 2.35. The lowest BCUT2D eigenvalue weighted by atomic mass is 10.0. The first-order valence-electron chi connectivity index (χ1n) is 11.5. The van der Waals surface area contributed by atoms with E-state index < -0.39 is 16.1 Å². The minimum Gasteiger partial charge on any atom is -0.497 e. The number of likely N-dealkylation sites (N-methyl/N-ethyl adjacent to an activating group) is 1. The summed E-state index contributed by atoms with van der Waals surface area (Å²) in [6.07, 6.45) is 0.827. The zero-order valence-corrected chi connectivity index (χ0v) is 21.0. The zero-order valence-electron chi connectivity index (χ0n) is 20.2. The van der Waals surface area contributed by atoms with E-state index in [9.17, 15) is 13.5 Å². The van der Waals surface area contributed by atoms with Gasteiger partial charge in [-0.2, -0.15) is 4.31 Å². The first-order chi connectivity index (χ1) is 15.7. The number of fused-ring (bicyclic) bond motifs is 1. The number of hydrogen-bond donors (Lipinski definition) is 1. The third-order valence-electron chi connectivity index (χ3n) is 6.19. The summed E-state index contributed by atoms with van der Waals surface area (Å²) < 4.78 is 40.3. The van der Waals surface area contributed by atoms with Crippen LogP contribution in [0.25, 0.3) is 11.1 Å². The Hall–Kier alpha value is -2.13. The summed E-state index contributed by atoms with van der Waals surface area (Å²) in [6.45, 7) is 7.53. The molecule has 7 nitrogen and oxygen atoms in total. The molecule has 3 atom stereocenters. The van der Waals surface area contributed by atoms with Gasteiger partial charge in [-0.1, -0.05) is 32.0 Å². The average molecular weight is 477 g/mol. The van der Waals surface area contributed by atoms with Crippen LogP contribution in [0, 0.1) is 5.92 Å². The molecule has 1 aliphatic rings. The number of hydrogen-bond acceptors (Lipinski definition) is 6. The van der Waals surface area contributed by atoms with Crippen LogP contribution in [0.5, 0.6) is 11.5 Å². The van der Waals surface area contributed by atoms with Gasteiger partial charge >= 0.3 is 0 Å². The first kappa shape index (κ1) is 25.5. The molecule has 0 spiro atoms. The molecule has 1 aliphatic heterocycles. The molecule has 2 aromatic carbocycles. The molecule has 182 valence electrons. The monoisotopic (exact) mass is 476 g/mol. The number of nitrogens with zero attached hydrogens (tertiary/aromatic N) is 2. The van der Waals surface area contributed by atoms with Crippen molar-refractivity contribution in [2.24, 2.45) is 5.92 Å². The van der Waals surface area contributed by atoms with Crippen LogP contribution >= 0.6 is 0 Å². The van der Waals surface area contributed by atoms with Crippen LogP contribution < -0.4 is 9.47 Å². The number of aliphatic hydroxyl groups is 1. The topological polar surface area (TPSA) is 79.3 Å². The number of methoxy groups -OCH3 is 1. The van der Waals surface area contributed by atoms with E-state index in [1.807, 2.05) is 31.2 Å². The van der Waals surface area contributed by atoms with Gasteiger partial charge < -0.3 is 19.5 Å². The summed E-state index contributed by atoms with van der Waals surface area (Å²) in [5.74, 6) is 1.04. The maximum absolute atomic E-state index is 13.6. The molecular weight excluding hydrogens is 440 g/mol. The number of ether oxygens (including phenoxy) is 2. The fourth-order valence-corrected chi connectivity index (χ4v) is 6.01. The first-order valence-corrected chi connectivity index (χ1v) is 12.9. The maximum Gasteiger partial charge on any atom is 0.247 e. The lowest BCUT2D eigenvalue weighted by Crippen LogP contribution is -2.49. The van der Waals surface area contributed by atoms with Crippen molar-refractivity contribution in [1.29, 1.82) is 0 Å². The van der Waals surface area contributed by atoms with Crippen LogP contribution in [0.3, 0.4) is 0 Å². The Labute approximate surface area is 198 Å². The van der Waals surface area contributed by atoms with Crippen LogP contribution in [0.1, 0.15) is 27.2 Å². The molecular formula is C25H36N2O5S. The Bertz CT molecular complexity index is 1030. The fraction of sp³-hybridized carbons (Fsp3) is 0.520. The fourth-order valence-electron chi connectivity index (χ4n) is 4.19. The van der Waals surface area contributed by atoms with Crippen molar-refractivity contribution < 1.29 is 23.0 Å². The lowest BCUT2D eigenvalue weighted by Gasteiger charge is -2.37. The van der Waals surface area contributed by atoms with Crippen LogP contribution in [0.2, 0.25) is 0 Å². The third-order valence-corrected chi connectivity index (χ3v) is 8.21. The SMILES string of the molecule is CCCN(C)C[C@H]1Oc2cc(-c3ccc(OC)cc3)ccc2S(=O)(=O)N([C@@H](C)CO)C[C@H]1C. The number of benzene rings is 2. The Balaban J connectivity index is 2.09. The normalized spacial score (nSPS) is 21.5.